The van der Waals surface area contributed by atoms with Gasteiger partial charge in [0.15, 0.2) is 0 Å². The van der Waals surface area contributed by atoms with Gasteiger partial charge >= 0.3 is 0 Å². The summed E-state index contributed by atoms with van der Waals surface area (Å²) >= 11 is 4.10. The van der Waals surface area contributed by atoms with E-state index in [9.17, 15) is 0 Å². The molecule has 0 radical (unpaired) electrons. The molecule has 0 spiro atoms. The van der Waals surface area contributed by atoms with E-state index < -0.39 is 0 Å². The van der Waals surface area contributed by atoms with Crippen molar-refractivity contribution < 1.29 is 0 Å². The molecule has 8 heavy (non-hydrogen) atoms. The van der Waals surface area contributed by atoms with Crippen LogP contribution in [0.5, 0.6) is 0 Å². The Kier molecular flexibility index (Phi) is 1.48. The summed E-state index contributed by atoms with van der Waals surface area (Å²) < 4.78 is 0. The molecule has 0 atom stereocenters. The van der Waals surface area contributed by atoms with Crippen LogP contribution in [0.4, 0.5) is 0 Å². The van der Waals surface area contributed by atoms with Crippen LogP contribution in [0, 0.1) is 6.92 Å². The summed E-state index contributed by atoms with van der Waals surface area (Å²) in [4.78, 5) is 0.889. The Morgan fingerprint density at radius 1 is 1.62 bits per heavy atom. The molecule has 0 aliphatic rings. The van der Waals surface area contributed by atoms with Crippen LogP contribution in [0.2, 0.25) is 0 Å². The van der Waals surface area contributed by atoms with Crippen molar-refractivity contribution in [3.05, 3.63) is 18.0 Å². The van der Waals surface area contributed by atoms with Gasteiger partial charge in [-0.2, -0.15) is 10.2 Å². The molecule has 0 saturated heterocycles. The second-order valence-electron chi connectivity index (χ2n) is 1.50. The number of aromatic nitrogens is 2. The highest BCUT2D eigenvalue weighted by Gasteiger charge is 1.88. The SMILES string of the molecule is Cc1nnccc1S. The summed E-state index contributed by atoms with van der Waals surface area (Å²) in [6.07, 6.45) is 1.62. The minimum absolute atomic E-state index is 0.871. The Morgan fingerprint density at radius 3 is 2.75 bits per heavy atom. The maximum absolute atomic E-state index is 4.10. The Balaban J connectivity index is 3.13. The van der Waals surface area contributed by atoms with Crippen LogP contribution in [0.1, 0.15) is 5.69 Å². The van der Waals surface area contributed by atoms with Crippen molar-refractivity contribution in [1.82, 2.24) is 10.2 Å². The summed E-state index contributed by atoms with van der Waals surface area (Å²) in [6, 6.07) is 1.81. The first-order valence-electron chi connectivity index (χ1n) is 2.28. The van der Waals surface area contributed by atoms with Gasteiger partial charge in [-0.05, 0) is 13.0 Å². The lowest BCUT2D eigenvalue weighted by molar-refractivity contribution is 0.941. The Labute approximate surface area is 53.4 Å². The summed E-state index contributed by atoms with van der Waals surface area (Å²) in [5.41, 5.74) is 0.871. The lowest BCUT2D eigenvalue weighted by atomic mass is 10.4. The van der Waals surface area contributed by atoms with Gasteiger partial charge in [-0.15, -0.1) is 12.6 Å². The molecular formula is C5H6N2S. The van der Waals surface area contributed by atoms with Crippen molar-refractivity contribution >= 4 is 12.6 Å². The standard InChI is InChI=1S/C5H6N2S/c1-4-5(8)2-3-6-7-4/h2-3H,1H3,(H,6,8). The van der Waals surface area contributed by atoms with Gasteiger partial charge in [0.25, 0.3) is 0 Å². The summed E-state index contributed by atoms with van der Waals surface area (Å²) in [6.45, 7) is 1.87. The van der Waals surface area contributed by atoms with Crippen LogP contribution in [0.25, 0.3) is 0 Å². The Morgan fingerprint density at radius 2 is 2.38 bits per heavy atom. The lowest BCUT2D eigenvalue weighted by Gasteiger charge is -1.90. The van der Waals surface area contributed by atoms with Crippen LogP contribution in [0.3, 0.4) is 0 Å². The van der Waals surface area contributed by atoms with E-state index in [1.807, 2.05) is 13.0 Å². The van der Waals surface area contributed by atoms with E-state index in [1.54, 1.807) is 6.20 Å². The molecule has 0 unspecified atom stereocenters. The largest absolute Gasteiger partial charge is 0.159 e. The quantitative estimate of drug-likeness (QED) is 0.526. The molecule has 1 aromatic heterocycles. The Hall–Kier alpha value is -0.570. The topological polar surface area (TPSA) is 25.8 Å². The van der Waals surface area contributed by atoms with E-state index >= 15 is 0 Å². The van der Waals surface area contributed by atoms with Crippen molar-refractivity contribution in [2.24, 2.45) is 0 Å². The van der Waals surface area contributed by atoms with Crippen molar-refractivity contribution in [3.63, 3.8) is 0 Å². The highest BCUT2D eigenvalue weighted by molar-refractivity contribution is 7.80. The molecule has 0 aliphatic carbocycles. The van der Waals surface area contributed by atoms with Gasteiger partial charge in [0.05, 0.1) is 11.9 Å². The fraction of sp³-hybridized carbons (Fsp3) is 0.200. The molecule has 1 heterocycles. The molecule has 1 aromatic rings. The molecule has 1 rings (SSSR count). The van der Waals surface area contributed by atoms with Crippen LogP contribution in [-0.4, -0.2) is 10.2 Å². The van der Waals surface area contributed by atoms with E-state index in [4.69, 9.17) is 0 Å². The van der Waals surface area contributed by atoms with E-state index in [1.165, 1.54) is 0 Å². The zero-order valence-corrected chi connectivity index (χ0v) is 5.39. The van der Waals surface area contributed by atoms with Crippen molar-refractivity contribution in [2.45, 2.75) is 11.8 Å². The van der Waals surface area contributed by atoms with Gasteiger partial charge < -0.3 is 0 Å². The molecular weight excluding hydrogens is 120 g/mol. The zero-order valence-electron chi connectivity index (χ0n) is 4.50. The number of thiol groups is 1. The summed E-state index contributed by atoms with van der Waals surface area (Å²) in [5.74, 6) is 0. The first-order valence-corrected chi connectivity index (χ1v) is 2.72. The molecule has 0 amide bonds. The first kappa shape index (κ1) is 5.56. The van der Waals surface area contributed by atoms with Gasteiger partial charge in [0, 0.05) is 4.90 Å². The predicted octanol–water partition coefficient (Wildman–Crippen LogP) is 1.07. The molecule has 2 nitrogen and oxygen atoms in total. The minimum Gasteiger partial charge on any atom is -0.159 e. The highest BCUT2D eigenvalue weighted by atomic mass is 32.1. The number of hydrogen-bond donors (Lipinski definition) is 1. The maximum Gasteiger partial charge on any atom is 0.0733 e. The average Bonchev–Trinajstić information content (AvgIpc) is 1.77. The maximum atomic E-state index is 4.10. The molecule has 0 N–H and O–H groups in total. The smallest absolute Gasteiger partial charge is 0.0733 e. The molecule has 0 fully saturated rings. The summed E-state index contributed by atoms with van der Waals surface area (Å²) in [5, 5.41) is 7.40. The predicted molar refractivity (Wildman–Crippen MR) is 34.0 cm³/mol. The number of nitrogens with zero attached hydrogens (tertiary/aromatic N) is 2. The number of rotatable bonds is 0. The van der Waals surface area contributed by atoms with Gasteiger partial charge in [-0.25, -0.2) is 0 Å². The monoisotopic (exact) mass is 126 g/mol. The van der Waals surface area contributed by atoms with E-state index in [-0.39, 0.29) is 0 Å². The average molecular weight is 126 g/mol. The molecule has 3 heteroatoms. The van der Waals surface area contributed by atoms with Crippen LogP contribution in [0.15, 0.2) is 17.2 Å². The third kappa shape index (κ3) is 0.980. The van der Waals surface area contributed by atoms with Crippen molar-refractivity contribution in [1.29, 1.82) is 0 Å². The second kappa shape index (κ2) is 2.13. The van der Waals surface area contributed by atoms with Gasteiger partial charge in [0.1, 0.15) is 0 Å². The molecule has 0 aliphatic heterocycles. The summed E-state index contributed by atoms with van der Waals surface area (Å²) in [7, 11) is 0. The molecule has 0 saturated carbocycles. The van der Waals surface area contributed by atoms with E-state index in [2.05, 4.69) is 22.8 Å². The third-order valence-electron chi connectivity index (χ3n) is 0.877. The van der Waals surface area contributed by atoms with Crippen molar-refractivity contribution in [3.8, 4) is 0 Å². The van der Waals surface area contributed by atoms with Gasteiger partial charge in [-0.3, -0.25) is 0 Å². The normalized spacial score (nSPS) is 9.25. The van der Waals surface area contributed by atoms with Crippen LogP contribution < -0.4 is 0 Å². The molecule has 0 bridgehead atoms. The van der Waals surface area contributed by atoms with Crippen molar-refractivity contribution in [2.75, 3.05) is 0 Å². The van der Waals surface area contributed by atoms with Gasteiger partial charge in [-0.1, -0.05) is 0 Å². The fourth-order valence-corrected chi connectivity index (χ4v) is 0.507. The number of hydrogen-bond acceptors (Lipinski definition) is 3. The molecule has 0 aromatic carbocycles. The second-order valence-corrected chi connectivity index (χ2v) is 1.98. The van der Waals surface area contributed by atoms with Crippen LogP contribution >= 0.6 is 12.6 Å². The Bertz CT molecular complexity index is 167. The lowest BCUT2D eigenvalue weighted by Crippen LogP contribution is -1.84. The van der Waals surface area contributed by atoms with E-state index in [0.29, 0.717) is 0 Å². The zero-order chi connectivity index (χ0) is 5.98. The van der Waals surface area contributed by atoms with Gasteiger partial charge in [0.2, 0.25) is 0 Å². The first-order chi connectivity index (χ1) is 3.80. The molecule has 42 valence electrons. The number of aryl methyl sites for hydroxylation is 1. The van der Waals surface area contributed by atoms with E-state index in [0.717, 1.165) is 10.6 Å². The minimum atomic E-state index is 0.871. The highest BCUT2D eigenvalue weighted by Crippen LogP contribution is 2.05. The van der Waals surface area contributed by atoms with Crippen LogP contribution in [-0.2, 0) is 0 Å². The fourth-order valence-electron chi connectivity index (χ4n) is 0.396. The third-order valence-corrected chi connectivity index (χ3v) is 1.35.